The number of hydrogen-bond donors (Lipinski definition) is 2. The number of nitrogens with zero attached hydrogens (tertiary/aromatic N) is 1. The lowest BCUT2D eigenvalue weighted by molar-refractivity contribution is 0.234. The molecule has 0 bridgehead atoms. The zero-order valence-corrected chi connectivity index (χ0v) is 13.4. The van der Waals surface area contributed by atoms with Gasteiger partial charge in [-0.1, -0.05) is 15.9 Å². The molecule has 2 aromatic rings. The van der Waals surface area contributed by atoms with Gasteiger partial charge in [0.2, 0.25) is 5.88 Å². The highest BCUT2D eigenvalue weighted by Gasteiger charge is 2.07. The second-order valence-electron chi connectivity index (χ2n) is 4.85. The van der Waals surface area contributed by atoms with E-state index in [0.717, 1.165) is 15.7 Å². The molecule has 2 rings (SSSR count). The molecule has 1 heterocycles. The minimum absolute atomic E-state index is 0.0370. The van der Waals surface area contributed by atoms with Gasteiger partial charge in [0.15, 0.2) is 0 Å². The molecule has 4 nitrogen and oxygen atoms in total. The van der Waals surface area contributed by atoms with Crippen molar-refractivity contribution >= 4 is 33.1 Å². The maximum atomic E-state index is 5.85. The normalized spacial score (nSPS) is 10.7. The molecule has 1 aromatic heterocycles. The first-order valence-corrected chi connectivity index (χ1v) is 7.21. The third-order valence-electron chi connectivity index (χ3n) is 2.67. The van der Waals surface area contributed by atoms with Crippen molar-refractivity contribution in [1.82, 2.24) is 4.98 Å². The van der Waals surface area contributed by atoms with Crippen LogP contribution in [0.15, 0.2) is 34.8 Å². The summed E-state index contributed by atoms with van der Waals surface area (Å²) < 4.78 is 6.66. The fourth-order valence-corrected chi connectivity index (χ4v) is 1.96. The first kappa shape index (κ1) is 14.7. The number of hydrogen-bond acceptors (Lipinski definition) is 4. The van der Waals surface area contributed by atoms with Gasteiger partial charge in [0.05, 0.1) is 11.8 Å². The average Bonchev–Trinajstić information content (AvgIpc) is 2.37. The number of nitrogens with two attached hydrogens (primary N) is 1. The number of anilines is 3. The van der Waals surface area contributed by atoms with Crippen molar-refractivity contribution in [2.75, 3.05) is 11.1 Å². The van der Waals surface area contributed by atoms with E-state index in [1.165, 1.54) is 0 Å². The molecule has 0 fully saturated rings. The molecule has 0 aliphatic heterocycles. The lowest BCUT2D eigenvalue weighted by Crippen LogP contribution is -2.09. The Morgan fingerprint density at radius 2 is 2.00 bits per heavy atom. The molecule has 0 saturated carbocycles. The molecule has 20 heavy (non-hydrogen) atoms. The molecular formula is C15H18BrN3O. The van der Waals surface area contributed by atoms with Crippen LogP contribution < -0.4 is 15.8 Å². The predicted molar refractivity (Wildman–Crippen MR) is 86.6 cm³/mol. The van der Waals surface area contributed by atoms with Crippen LogP contribution in [0.3, 0.4) is 0 Å². The highest BCUT2D eigenvalue weighted by Crippen LogP contribution is 2.26. The molecule has 0 spiro atoms. The first-order chi connectivity index (χ1) is 9.45. The number of aryl methyl sites for hydroxylation is 1. The molecule has 106 valence electrons. The van der Waals surface area contributed by atoms with Crippen molar-refractivity contribution in [2.45, 2.75) is 26.9 Å². The summed E-state index contributed by atoms with van der Waals surface area (Å²) in [6.45, 7) is 5.93. The lowest BCUT2D eigenvalue weighted by atomic mass is 10.2. The van der Waals surface area contributed by atoms with Crippen molar-refractivity contribution in [2.24, 2.45) is 0 Å². The summed E-state index contributed by atoms with van der Waals surface area (Å²) in [6, 6.07) is 9.66. The summed E-state index contributed by atoms with van der Waals surface area (Å²) in [6.07, 6.45) is 0.0370. The molecule has 0 aliphatic carbocycles. The van der Waals surface area contributed by atoms with Crippen LogP contribution >= 0.6 is 15.9 Å². The Morgan fingerprint density at radius 1 is 1.25 bits per heavy atom. The summed E-state index contributed by atoms with van der Waals surface area (Å²) in [5, 5.41) is 3.25. The van der Waals surface area contributed by atoms with E-state index in [-0.39, 0.29) is 6.10 Å². The van der Waals surface area contributed by atoms with Gasteiger partial charge in [-0.3, -0.25) is 0 Å². The largest absolute Gasteiger partial charge is 0.473 e. The van der Waals surface area contributed by atoms with Crippen LogP contribution in [0.5, 0.6) is 5.88 Å². The van der Waals surface area contributed by atoms with Gasteiger partial charge in [0.25, 0.3) is 0 Å². The quantitative estimate of drug-likeness (QED) is 0.876. The zero-order valence-electron chi connectivity index (χ0n) is 11.8. The molecule has 0 saturated heterocycles. The van der Waals surface area contributed by atoms with Crippen LogP contribution in [0.2, 0.25) is 0 Å². The van der Waals surface area contributed by atoms with E-state index < -0.39 is 0 Å². The van der Waals surface area contributed by atoms with Crippen LogP contribution in [0, 0.1) is 6.92 Å². The fourth-order valence-electron chi connectivity index (χ4n) is 1.71. The minimum Gasteiger partial charge on any atom is -0.473 e. The van der Waals surface area contributed by atoms with Crippen molar-refractivity contribution < 1.29 is 4.74 Å². The number of halogens is 1. The molecule has 0 atom stereocenters. The molecule has 3 N–H and O–H groups in total. The van der Waals surface area contributed by atoms with Crippen LogP contribution in [-0.2, 0) is 0 Å². The molecule has 1 aromatic carbocycles. The van der Waals surface area contributed by atoms with Crippen LogP contribution in [0.25, 0.3) is 0 Å². The molecule has 0 radical (unpaired) electrons. The van der Waals surface area contributed by atoms with E-state index in [2.05, 4.69) is 26.2 Å². The zero-order chi connectivity index (χ0) is 14.7. The highest BCUT2D eigenvalue weighted by molar-refractivity contribution is 9.10. The third-order valence-corrected chi connectivity index (χ3v) is 3.56. The SMILES string of the molecule is Cc1cc(Nc2ccc(N)c(OC(C)C)n2)ccc1Br. The Balaban J connectivity index is 2.22. The number of rotatable bonds is 4. The standard InChI is InChI=1S/C15H18BrN3O/c1-9(2)20-15-13(17)6-7-14(19-15)18-11-4-5-12(16)10(3)8-11/h4-9H,17H2,1-3H3,(H,18,19). The summed E-state index contributed by atoms with van der Waals surface area (Å²) in [7, 11) is 0. The Hall–Kier alpha value is -1.75. The molecule has 0 amide bonds. The van der Waals surface area contributed by atoms with E-state index in [9.17, 15) is 0 Å². The third kappa shape index (κ3) is 3.63. The van der Waals surface area contributed by atoms with Gasteiger partial charge in [-0.25, -0.2) is 0 Å². The fraction of sp³-hybridized carbons (Fsp3) is 0.267. The van der Waals surface area contributed by atoms with Gasteiger partial charge >= 0.3 is 0 Å². The van der Waals surface area contributed by atoms with E-state index in [4.69, 9.17) is 10.5 Å². The van der Waals surface area contributed by atoms with Crippen LogP contribution in [0.4, 0.5) is 17.2 Å². The van der Waals surface area contributed by atoms with Gasteiger partial charge in [0, 0.05) is 10.2 Å². The lowest BCUT2D eigenvalue weighted by Gasteiger charge is -2.13. The summed E-state index contributed by atoms with van der Waals surface area (Å²) in [4.78, 5) is 4.39. The van der Waals surface area contributed by atoms with Crippen molar-refractivity contribution in [3.05, 3.63) is 40.4 Å². The average molecular weight is 336 g/mol. The first-order valence-electron chi connectivity index (χ1n) is 6.42. The number of nitrogens with one attached hydrogen (secondary N) is 1. The number of pyridine rings is 1. The summed E-state index contributed by atoms with van der Waals surface area (Å²) >= 11 is 3.48. The molecule has 5 heteroatoms. The Kier molecular flexibility index (Phi) is 4.49. The number of aromatic nitrogens is 1. The maximum Gasteiger partial charge on any atom is 0.239 e. The van der Waals surface area contributed by atoms with Crippen molar-refractivity contribution in [3.8, 4) is 5.88 Å². The van der Waals surface area contributed by atoms with Crippen molar-refractivity contribution in [1.29, 1.82) is 0 Å². The predicted octanol–water partition coefficient (Wildman–Crippen LogP) is 4.27. The van der Waals surface area contributed by atoms with Gasteiger partial charge in [-0.05, 0) is 56.7 Å². The van der Waals surface area contributed by atoms with E-state index >= 15 is 0 Å². The van der Waals surface area contributed by atoms with Gasteiger partial charge in [0.1, 0.15) is 5.82 Å². The monoisotopic (exact) mass is 335 g/mol. The summed E-state index contributed by atoms with van der Waals surface area (Å²) in [5.41, 5.74) is 8.52. The van der Waals surface area contributed by atoms with E-state index in [0.29, 0.717) is 17.4 Å². The maximum absolute atomic E-state index is 5.85. The second kappa shape index (κ2) is 6.13. The summed E-state index contributed by atoms with van der Waals surface area (Å²) in [5.74, 6) is 1.16. The van der Waals surface area contributed by atoms with Gasteiger partial charge in [-0.15, -0.1) is 0 Å². The highest BCUT2D eigenvalue weighted by atomic mass is 79.9. The molecular weight excluding hydrogens is 318 g/mol. The van der Waals surface area contributed by atoms with Crippen molar-refractivity contribution in [3.63, 3.8) is 0 Å². The molecule has 0 unspecified atom stereocenters. The Bertz CT molecular complexity index is 614. The Morgan fingerprint density at radius 3 is 2.65 bits per heavy atom. The van der Waals surface area contributed by atoms with Gasteiger partial charge in [-0.2, -0.15) is 4.98 Å². The van der Waals surface area contributed by atoms with E-state index in [1.807, 2.05) is 45.0 Å². The topological polar surface area (TPSA) is 60.2 Å². The Labute approximate surface area is 127 Å². The minimum atomic E-state index is 0.0370. The molecule has 0 aliphatic rings. The number of benzene rings is 1. The van der Waals surface area contributed by atoms with E-state index in [1.54, 1.807) is 6.07 Å². The number of nitrogen functional groups attached to an aromatic ring is 1. The van der Waals surface area contributed by atoms with Crippen LogP contribution in [0.1, 0.15) is 19.4 Å². The van der Waals surface area contributed by atoms with Gasteiger partial charge < -0.3 is 15.8 Å². The van der Waals surface area contributed by atoms with Crippen LogP contribution in [-0.4, -0.2) is 11.1 Å². The number of ether oxygens (including phenoxy) is 1. The second-order valence-corrected chi connectivity index (χ2v) is 5.70. The smallest absolute Gasteiger partial charge is 0.239 e.